The molecule has 2 amide bonds. The third-order valence-electron chi connectivity index (χ3n) is 6.85. The maximum absolute atomic E-state index is 12.9. The molecule has 0 unspecified atom stereocenters. The normalized spacial score (nSPS) is 11.6. The SMILES string of the molecule is CC(=O)ON(C(=O)Nc1cccc(C)c1)c1cccc(COCCOCCCCCCNC[C@H](O)c2ccc(O)c(CO)c2)c1. The first kappa shape index (κ1) is 35.5. The fraction of sp³-hybridized carbons (Fsp3) is 0.412. The number of anilines is 2. The number of hydrogen-bond donors (Lipinski definition) is 5. The molecule has 0 heterocycles. The number of carbonyl (C=O) groups is 2. The van der Waals surface area contributed by atoms with Gasteiger partial charge in [-0.3, -0.25) is 0 Å². The van der Waals surface area contributed by atoms with Crippen LogP contribution in [0.1, 0.15) is 61.0 Å². The van der Waals surface area contributed by atoms with E-state index in [1.165, 1.54) is 13.0 Å². The van der Waals surface area contributed by atoms with Crippen molar-refractivity contribution in [2.45, 2.75) is 58.8 Å². The molecule has 45 heavy (non-hydrogen) atoms. The summed E-state index contributed by atoms with van der Waals surface area (Å²) in [6, 6.07) is 18.5. The lowest BCUT2D eigenvalue weighted by atomic mass is 10.1. The van der Waals surface area contributed by atoms with E-state index in [1.807, 2.05) is 31.2 Å². The third-order valence-corrected chi connectivity index (χ3v) is 6.85. The highest BCUT2D eigenvalue weighted by atomic mass is 16.7. The van der Waals surface area contributed by atoms with Gasteiger partial charge in [-0.15, -0.1) is 5.06 Å². The zero-order chi connectivity index (χ0) is 32.4. The summed E-state index contributed by atoms with van der Waals surface area (Å²) in [6.07, 6.45) is 3.29. The maximum atomic E-state index is 12.9. The topological polar surface area (TPSA) is 150 Å². The average Bonchev–Trinajstić information content (AvgIpc) is 3.02. The molecule has 3 aromatic carbocycles. The first-order valence-corrected chi connectivity index (χ1v) is 15.2. The number of aryl methyl sites for hydroxylation is 1. The predicted octanol–water partition coefficient (Wildman–Crippen LogP) is 5.13. The van der Waals surface area contributed by atoms with Gasteiger partial charge < -0.3 is 40.3 Å². The number of rotatable bonds is 18. The molecule has 0 aliphatic rings. The molecule has 0 aliphatic heterocycles. The molecule has 3 rings (SSSR count). The Morgan fingerprint density at radius 3 is 2.47 bits per heavy atom. The van der Waals surface area contributed by atoms with Gasteiger partial charge in [0.25, 0.3) is 0 Å². The van der Waals surface area contributed by atoms with Gasteiger partial charge in [0, 0.05) is 31.3 Å². The predicted molar refractivity (Wildman–Crippen MR) is 172 cm³/mol. The first-order chi connectivity index (χ1) is 21.8. The molecule has 0 spiro atoms. The number of carbonyl (C=O) groups excluding carboxylic acids is 2. The second kappa shape index (κ2) is 19.4. The second-order valence-corrected chi connectivity index (χ2v) is 10.7. The largest absolute Gasteiger partial charge is 0.508 e. The van der Waals surface area contributed by atoms with Crippen LogP contribution < -0.4 is 15.7 Å². The zero-order valence-electron chi connectivity index (χ0n) is 26.0. The fourth-order valence-electron chi connectivity index (χ4n) is 4.52. The molecule has 244 valence electrons. The molecular weight excluding hydrogens is 578 g/mol. The van der Waals surface area contributed by atoms with Gasteiger partial charge in [0.15, 0.2) is 0 Å². The Bertz CT molecular complexity index is 1350. The number of nitrogens with zero attached hydrogens (tertiary/aromatic N) is 1. The number of hydrogen-bond acceptors (Lipinski definition) is 9. The number of aromatic hydroxyl groups is 1. The summed E-state index contributed by atoms with van der Waals surface area (Å²) in [4.78, 5) is 29.8. The van der Waals surface area contributed by atoms with Crippen molar-refractivity contribution in [1.82, 2.24) is 5.32 Å². The highest BCUT2D eigenvalue weighted by Crippen LogP contribution is 2.23. The summed E-state index contributed by atoms with van der Waals surface area (Å²) >= 11 is 0. The van der Waals surface area contributed by atoms with Crippen LogP contribution in [-0.2, 0) is 32.3 Å². The van der Waals surface area contributed by atoms with Crippen LogP contribution in [0.4, 0.5) is 16.2 Å². The van der Waals surface area contributed by atoms with Crippen molar-refractivity contribution in [2.75, 3.05) is 43.3 Å². The molecule has 0 saturated heterocycles. The lowest BCUT2D eigenvalue weighted by Gasteiger charge is -2.21. The number of ether oxygens (including phenoxy) is 2. The summed E-state index contributed by atoms with van der Waals surface area (Å²) in [5.41, 5.74) is 3.84. The monoisotopic (exact) mass is 623 g/mol. The number of amides is 2. The Hall–Kier alpha value is -4.00. The van der Waals surface area contributed by atoms with E-state index in [-0.39, 0.29) is 12.4 Å². The second-order valence-electron chi connectivity index (χ2n) is 10.7. The van der Waals surface area contributed by atoms with Crippen LogP contribution in [0.5, 0.6) is 5.75 Å². The number of phenols is 1. The average molecular weight is 624 g/mol. The van der Waals surface area contributed by atoms with E-state index >= 15 is 0 Å². The molecule has 0 aliphatic carbocycles. The molecule has 0 saturated carbocycles. The summed E-state index contributed by atoms with van der Waals surface area (Å²) in [7, 11) is 0. The number of urea groups is 1. The van der Waals surface area contributed by atoms with Crippen molar-refractivity contribution in [3.05, 3.63) is 89.0 Å². The Morgan fingerprint density at radius 2 is 1.69 bits per heavy atom. The zero-order valence-corrected chi connectivity index (χ0v) is 26.0. The van der Waals surface area contributed by atoms with Crippen LogP contribution in [0.2, 0.25) is 0 Å². The van der Waals surface area contributed by atoms with Crippen molar-refractivity contribution in [3.63, 3.8) is 0 Å². The van der Waals surface area contributed by atoms with Gasteiger partial charge in [-0.25, -0.2) is 9.59 Å². The molecule has 0 fully saturated rings. The third kappa shape index (κ3) is 12.9. The van der Waals surface area contributed by atoms with E-state index < -0.39 is 18.1 Å². The van der Waals surface area contributed by atoms with Crippen LogP contribution in [0.3, 0.4) is 0 Å². The van der Waals surface area contributed by atoms with Crippen molar-refractivity contribution in [3.8, 4) is 5.75 Å². The van der Waals surface area contributed by atoms with Crippen LogP contribution in [0.25, 0.3) is 0 Å². The molecule has 0 radical (unpaired) electrons. The van der Waals surface area contributed by atoms with Gasteiger partial charge in [0.1, 0.15) is 5.75 Å². The van der Waals surface area contributed by atoms with Gasteiger partial charge in [0.05, 0.1) is 38.2 Å². The van der Waals surface area contributed by atoms with Crippen LogP contribution in [0, 0.1) is 6.92 Å². The highest BCUT2D eigenvalue weighted by Gasteiger charge is 2.20. The molecule has 3 aromatic rings. The smallest absolute Gasteiger partial charge is 0.359 e. The first-order valence-electron chi connectivity index (χ1n) is 15.2. The summed E-state index contributed by atoms with van der Waals surface area (Å²) in [5, 5.41) is 36.1. The van der Waals surface area contributed by atoms with E-state index in [0.29, 0.717) is 55.5 Å². The lowest BCUT2D eigenvalue weighted by molar-refractivity contribution is -0.141. The van der Waals surface area contributed by atoms with E-state index in [9.17, 15) is 24.9 Å². The van der Waals surface area contributed by atoms with E-state index in [2.05, 4.69) is 10.6 Å². The quantitative estimate of drug-likeness (QED) is 0.0960. The minimum Gasteiger partial charge on any atom is -0.508 e. The van der Waals surface area contributed by atoms with Gasteiger partial charge in [-0.1, -0.05) is 43.2 Å². The van der Waals surface area contributed by atoms with Crippen LogP contribution in [0.15, 0.2) is 66.7 Å². The molecule has 0 aromatic heterocycles. The van der Waals surface area contributed by atoms with Gasteiger partial charge >= 0.3 is 12.0 Å². The van der Waals surface area contributed by atoms with Crippen LogP contribution >= 0.6 is 0 Å². The van der Waals surface area contributed by atoms with Crippen molar-refractivity contribution >= 4 is 23.4 Å². The molecule has 1 atom stereocenters. The maximum Gasteiger partial charge on any atom is 0.359 e. The van der Waals surface area contributed by atoms with Gasteiger partial charge in [-0.05, 0) is 79.4 Å². The summed E-state index contributed by atoms with van der Waals surface area (Å²) < 4.78 is 11.4. The van der Waals surface area contributed by atoms with E-state index in [1.54, 1.807) is 36.4 Å². The van der Waals surface area contributed by atoms with E-state index in [0.717, 1.165) is 48.4 Å². The van der Waals surface area contributed by atoms with E-state index in [4.69, 9.17) is 14.3 Å². The highest BCUT2D eigenvalue weighted by molar-refractivity contribution is 6.01. The Balaban J connectivity index is 1.26. The molecule has 11 heteroatoms. The number of hydroxylamine groups is 1. The Kier molecular flexibility index (Phi) is 15.3. The van der Waals surface area contributed by atoms with Gasteiger partial charge in [0.2, 0.25) is 0 Å². The summed E-state index contributed by atoms with van der Waals surface area (Å²) in [6.45, 7) is 5.90. The van der Waals surface area contributed by atoms with Gasteiger partial charge in [-0.2, -0.15) is 0 Å². The molecular formula is C34H45N3O8. The van der Waals surface area contributed by atoms with Crippen molar-refractivity contribution in [2.24, 2.45) is 0 Å². The standard InChI is InChI=1S/C34H45N3O8/c1-25-9-7-11-30(19-25)36-34(42)37(45-26(2)39)31-12-8-10-27(20-31)24-44-18-17-43-16-6-4-3-5-15-35-22-33(41)28-13-14-32(40)29(21-28)23-38/h7-14,19-21,33,35,38,40-41H,3-6,15-18,22-24H2,1-2H3,(H,36,42)/t33-/m0/s1. The van der Waals surface area contributed by atoms with Crippen LogP contribution in [-0.4, -0.2) is 60.2 Å². The molecule has 0 bridgehead atoms. The number of aliphatic hydroxyl groups excluding tert-OH is 2. The summed E-state index contributed by atoms with van der Waals surface area (Å²) in [5.74, 6) is -0.599. The van der Waals surface area contributed by atoms with Crippen molar-refractivity contribution < 1.29 is 39.2 Å². The number of aliphatic hydroxyl groups is 2. The Labute approximate surface area is 264 Å². The lowest BCUT2D eigenvalue weighted by Crippen LogP contribution is -2.36. The van der Waals surface area contributed by atoms with Crippen molar-refractivity contribution in [1.29, 1.82) is 0 Å². The number of benzene rings is 3. The minimum absolute atomic E-state index is 0.0209. The number of nitrogens with one attached hydrogen (secondary N) is 2. The molecule has 5 N–H and O–H groups in total. The molecule has 11 nitrogen and oxygen atoms in total. The Morgan fingerprint density at radius 1 is 0.911 bits per heavy atom. The minimum atomic E-state index is -0.707. The fourth-order valence-corrected chi connectivity index (χ4v) is 4.52. The number of unbranched alkanes of at least 4 members (excludes halogenated alkanes) is 3.